The van der Waals surface area contributed by atoms with E-state index >= 15 is 0 Å². The van der Waals surface area contributed by atoms with E-state index < -0.39 is 6.10 Å². The van der Waals surface area contributed by atoms with Gasteiger partial charge in [-0.05, 0) is 20.3 Å². The van der Waals surface area contributed by atoms with Crippen molar-refractivity contribution < 1.29 is 14.3 Å². The summed E-state index contributed by atoms with van der Waals surface area (Å²) in [5.74, 6) is -0.269. The summed E-state index contributed by atoms with van der Waals surface area (Å²) in [6.07, 6.45) is 3.98. The van der Waals surface area contributed by atoms with Gasteiger partial charge in [-0.25, -0.2) is 4.79 Å². The number of carbonyl (C=O) groups is 1. The van der Waals surface area contributed by atoms with Gasteiger partial charge in [0.15, 0.2) is 6.10 Å². The third kappa shape index (κ3) is 5.42. The Kier molecular flexibility index (Phi) is 7.30. The van der Waals surface area contributed by atoms with Crippen LogP contribution in [0.4, 0.5) is 0 Å². The second-order valence-electron chi connectivity index (χ2n) is 2.55. The minimum absolute atomic E-state index is 0.269. The van der Waals surface area contributed by atoms with Crippen molar-refractivity contribution in [2.24, 2.45) is 0 Å². The molecule has 0 bridgehead atoms. The SMILES string of the molecule is CC=CCOC(CC)C(=O)OCC. The van der Waals surface area contributed by atoms with E-state index in [9.17, 15) is 4.79 Å². The van der Waals surface area contributed by atoms with Crippen LogP contribution in [0.5, 0.6) is 0 Å². The maximum absolute atomic E-state index is 11.2. The van der Waals surface area contributed by atoms with Gasteiger partial charge in [0.1, 0.15) is 0 Å². The Labute approximate surface area is 79.7 Å². The van der Waals surface area contributed by atoms with Gasteiger partial charge in [-0.3, -0.25) is 0 Å². The van der Waals surface area contributed by atoms with Crippen LogP contribution < -0.4 is 0 Å². The Balaban J connectivity index is 3.80. The first-order valence-electron chi connectivity index (χ1n) is 4.65. The molecule has 0 rings (SSSR count). The third-order valence-corrected chi connectivity index (χ3v) is 1.55. The van der Waals surface area contributed by atoms with Crippen LogP contribution in [0, 0.1) is 0 Å². The molecule has 0 spiro atoms. The van der Waals surface area contributed by atoms with Gasteiger partial charge in [-0.15, -0.1) is 0 Å². The van der Waals surface area contributed by atoms with Crippen molar-refractivity contribution in [3.8, 4) is 0 Å². The zero-order valence-electron chi connectivity index (χ0n) is 8.58. The van der Waals surface area contributed by atoms with Crippen molar-refractivity contribution in [3.05, 3.63) is 12.2 Å². The van der Waals surface area contributed by atoms with E-state index in [4.69, 9.17) is 9.47 Å². The van der Waals surface area contributed by atoms with Crippen LogP contribution in [-0.4, -0.2) is 25.3 Å². The summed E-state index contributed by atoms with van der Waals surface area (Å²) in [5.41, 5.74) is 0. The first-order chi connectivity index (χ1) is 6.26. The molecule has 1 atom stereocenters. The molecule has 0 radical (unpaired) electrons. The van der Waals surface area contributed by atoms with Gasteiger partial charge >= 0.3 is 5.97 Å². The first kappa shape index (κ1) is 12.2. The maximum Gasteiger partial charge on any atom is 0.335 e. The Hall–Kier alpha value is -0.830. The predicted molar refractivity (Wildman–Crippen MR) is 51.5 cm³/mol. The lowest BCUT2D eigenvalue weighted by atomic mass is 10.3. The van der Waals surface area contributed by atoms with Crippen LogP contribution in [0.3, 0.4) is 0 Å². The molecule has 3 nitrogen and oxygen atoms in total. The van der Waals surface area contributed by atoms with E-state index in [0.717, 1.165) is 0 Å². The molecule has 0 aliphatic heterocycles. The monoisotopic (exact) mass is 186 g/mol. The highest BCUT2D eigenvalue weighted by Gasteiger charge is 2.16. The van der Waals surface area contributed by atoms with Crippen LogP contribution in [0.1, 0.15) is 27.2 Å². The van der Waals surface area contributed by atoms with Crippen molar-refractivity contribution in [2.75, 3.05) is 13.2 Å². The Morgan fingerprint density at radius 2 is 2.15 bits per heavy atom. The van der Waals surface area contributed by atoms with Crippen molar-refractivity contribution in [3.63, 3.8) is 0 Å². The van der Waals surface area contributed by atoms with E-state index in [0.29, 0.717) is 19.6 Å². The fourth-order valence-electron chi connectivity index (χ4n) is 0.856. The maximum atomic E-state index is 11.2. The summed E-state index contributed by atoms with van der Waals surface area (Å²) in [7, 11) is 0. The van der Waals surface area contributed by atoms with Gasteiger partial charge < -0.3 is 9.47 Å². The normalized spacial score (nSPS) is 13.2. The molecule has 0 fully saturated rings. The van der Waals surface area contributed by atoms with Gasteiger partial charge in [0.2, 0.25) is 0 Å². The minimum Gasteiger partial charge on any atom is -0.464 e. The molecule has 0 aromatic carbocycles. The molecular weight excluding hydrogens is 168 g/mol. The number of hydrogen-bond acceptors (Lipinski definition) is 3. The van der Waals surface area contributed by atoms with Gasteiger partial charge in [-0.2, -0.15) is 0 Å². The topological polar surface area (TPSA) is 35.5 Å². The van der Waals surface area contributed by atoms with Crippen LogP contribution in [0.2, 0.25) is 0 Å². The standard InChI is InChI=1S/C10H18O3/c1-4-7-8-13-9(5-2)10(11)12-6-3/h4,7,9H,5-6,8H2,1-3H3. The Bertz CT molecular complexity index is 164. The minimum atomic E-state index is -0.420. The summed E-state index contributed by atoms with van der Waals surface area (Å²) in [4.78, 5) is 11.2. The number of rotatable bonds is 6. The second kappa shape index (κ2) is 7.80. The highest BCUT2D eigenvalue weighted by Crippen LogP contribution is 2.01. The number of esters is 1. The summed E-state index contributed by atoms with van der Waals surface area (Å²) in [5, 5.41) is 0. The molecule has 0 aromatic rings. The number of allylic oxidation sites excluding steroid dienone is 1. The molecule has 76 valence electrons. The lowest BCUT2D eigenvalue weighted by Gasteiger charge is -2.12. The first-order valence-corrected chi connectivity index (χ1v) is 4.65. The number of carbonyl (C=O) groups excluding carboxylic acids is 1. The van der Waals surface area contributed by atoms with Gasteiger partial charge in [-0.1, -0.05) is 19.1 Å². The van der Waals surface area contributed by atoms with E-state index in [1.807, 2.05) is 26.0 Å². The number of hydrogen-bond donors (Lipinski definition) is 0. The molecule has 0 aliphatic carbocycles. The van der Waals surface area contributed by atoms with Gasteiger partial charge in [0.25, 0.3) is 0 Å². The lowest BCUT2D eigenvalue weighted by Crippen LogP contribution is -2.25. The van der Waals surface area contributed by atoms with Crippen molar-refractivity contribution >= 4 is 5.97 Å². The van der Waals surface area contributed by atoms with Crippen molar-refractivity contribution in [1.29, 1.82) is 0 Å². The molecule has 0 aliphatic rings. The average Bonchev–Trinajstić information content (AvgIpc) is 2.13. The van der Waals surface area contributed by atoms with Gasteiger partial charge in [0.05, 0.1) is 13.2 Å². The lowest BCUT2D eigenvalue weighted by molar-refractivity contribution is -0.156. The van der Waals surface area contributed by atoms with E-state index in [1.54, 1.807) is 6.92 Å². The fraction of sp³-hybridized carbons (Fsp3) is 0.700. The third-order valence-electron chi connectivity index (χ3n) is 1.55. The van der Waals surface area contributed by atoms with Crippen LogP contribution in [-0.2, 0) is 14.3 Å². The highest BCUT2D eigenvalue weighted by molar-refractivity contribution is 5.74. The molecule has 0 saturated heterocycles. The average molecular weight is 186 g/mol. The summed E-state index contributed by atoms with van der Waals surface area (Å²) in [6, 6.07) is 0. The van der Waals surface area contributed by atoms with Crippen LogP contribution in [0.15, 0.2) is 12.2 Å². The highest BCUT2D eigenvalue weighted by atomic mass is 16.6. The zero-order chi connectivity index (χ0) is 10.1. The van der Waals surface area contributed by atoms with Crippen LogP contribution in [0.25, 0.3) is 0 Å². The molecular formula is C10H18O3. The molecule has 0 aromatic heterocycles. The van der Waals surface area contributed by atoms with E-state index in [1.165, 1.54) is 0 Å². The largest absolute Gasteiger partial charge is 0.464 e. The molecule has 13 heavy (non-hydrogen) atoms. The molecule has 1 unspecified atom stereocenters. The molecule has 0 heterocycles. The molecule has 0 amide bonds. The molecule has 0 N–H and O–H groups in total. The van der Waals surface area contributed by atoms with E-state index in [-0.39, 0.29) is 5.97 Å². The summed E-state index contributed by atoms with van der Waals surface area (Å²) in [6.45, 7) is 6.47. The van der Waals surface area contributed by atoms with Crippen molar-refractivity contribution in [1.82, 2.24) is 0 Å². The summed E-state index contributed by atoms with van der Waals surface area (Å²) < 4.78 is 10.1. The second-order valence-corrected chi connectivity index (χ2v) is 2.55. The summed E-state index contributed by atoms with van der Waals surface area (Å²) >= 11 is 0. The Morgan fingerprint density at radius 1 is 1.46 bits per heavy atom. The number of ether oxygens (including phenoxy) is 2. The molecule has 3 heteroatoms. The van der Waals surface area contributed by atoms with Crippen LogP contribution >= 0.6 is 0 Å². The fourth-order valence-corrected chi connectivity index (χ4v) is 0.856. The molecule has 0 saturated carbocycles. The quantitative estimate of drug-likeness (QED) is 0.469. The zero-order valence-corrected chi connectivity index (χ0v) is 8.58. The predicted octanol–water partition coefficient (Wildman–Crippen LogP) is 1.92. The van der Waals surface area contributed by atoms with E-state index in [2.05, 4.69) is 0 Å². The smallest absolute Gasteiger partial charge is 0.335 e. The Morgan fingerprint density at radius 3 is 2.62 bits per heavy atom. The van der Waals surface area contributed by atoms with Gasteiger partial charge in [0, 0.05) is 0 Å². The van der Waals surface area contributed by atoms with Crippen molar-refractivity contribution in [2.45, 2.75) is 33.3 Å².